The van der Waals surface area contributed by atoms with Crippen LogP contribution in [-0.4, -0.2) is 50.8 Å². The lowest BCUT2D eigenvalue weighted by molar-refractivity contribution is 0.241. The number of halogens is 1. The molecule has 0 radical (unpaired) electrons. The van der Waals surface area contributed by atoms with Crippen molar-refractivity contribution in [2.24, 2.45) is 7.05 Å². The molecule has 2 aliphatic rings. The van der Waals surface area contributed by atoms with E-state index in [1.165, 1.54) is 29.7 Å². The molecule has 24 heavy (non-hydrogen) atoms. The number of hydrogen-bond acceptors (Lipinski definition) is 5. The fourth-order valence-electron chi connectivity index (χ4n) is 3.78. The van der Waals surface area contributed by atoms with E-state index in [1.54, 1.807) is 6.92 Å². The van der Waals surface area contributed by atoms with Gasteiger partial charge in [0, 0.05) is 39.8 Å². The molecular weight excluding hydrogens is 307 g/mol. The SMILES string of the molecule is Cc1ncnc(N2CCN(Cc3c4c(nn3C)CCC4)CC2)c1F. The maximum atomic E-state index is 14.2. The number of aryl methyl sites for hydroxylation is 3. The second-order valence-electron chi connectivity index (χ2n) is 6.71. The molecule has 0 saturated carbocycles. The van der Waals surface area contributed by atoms with E-state index >= 15 is 0 Å². The summed E-state index contributed by atoms with van der Waals surface area (Å²) < 4.78 is 16.2. The van der Waals surface area contributed by atoms with E-state index < -0.39 is 0 Å². The highest BCUT2D eigenvalue weighted by molar-refractivity contribution is 5.41. The number of aromatic nitrogens is 4. The van der Waals surface area contributed by atoms with Crippen molar-refractivity contribution in [2.45, 2.75) is 32.7 Å². The van der Waals surface area contributed by atoms with Gasteiger partial charge in [-0.1, -0.05) is 0 Å². The fraction of sp³-hybridized carbons (Fsp3) is 0.588. The maximum Gasteiger partial charge on any atom is 0.186 e. The van der Waals surface area contributed by atoms with Gasteiger partial charge in [0.1, 0.15) is 6.33 Å². The van der Waals surface area contributed by atoms with Gasteiger partial charge in [-0.25, -0.2) is 14.4 Å². The highest BCUT2D eigenvalue weighted by Crippen LogP contribution is 2.26. The Morgan fingerprint density at radius 3 is 2.71 bits per heavy atom. The molecule has 0 amide bonds. The van der Waals surface area contributed by atoms with Crippen molar-refractivity contribution in [3.63, 3.8) is 0 Å². The van der Waals surface area contributed by atoms with Crippen LogP contribution in [0.3, 0.4) is 0 Å². The minimum atomic E-state index is -0.296. The van der Waals surface area contributed by atoms with E-state index in [1.807, 2.05) is 16.6 Å². The summed E-state index contributed by atoms with van der Waals surface area (Å²) in [7, 11) is 2.04. The first-order valence-corrected chi connectivity index (χ1v) is 8.61. The Hall–Kier alpha value is -2.02. The lowest BCUT2D eigenvalue weighted by Crippen LogP contribution is -2.46. The summed E-state index contributed by atoms with van der Waals surface area (Å²) in [4.78, 5) is 12.5. The van der Waals surface area contributed by atoms with Crippen molar-refractivity contribution in [2.75, 3.05) is 31.1 Å². The first-order chi connectivity index (χ1) is 11.6. The van der Waals surface area contributed by atoms with E-state index in [0.717, 1.165) is 45.6 Å². The Morgan fingerprint density at radius 1 is 1.12 bits per heavy atom. The molecule has 0 bridgehead atoms. The van der Waals surface area contributed by atoms with Gasteiger partial charge in [-0.15, -0.1) is 0 Å². The summed E-state index contributed by atoms with van der Waals surface area (Å²) in [6.07, 6.45) is 4.94. The second-order valence-corrected chi connectivity index (χ2v) is 6.71. The van der Waals surface area contributed by atoms with E-state index in [2.05, 4.69) is 20.0 Å². The van der Waals surface area contributed by atoms with E-state index in [-0.39, 0.29) is 5.82 Å². The predicted molar refractivity (Wildman–Crippen MR) is 89.5 cm³/mol. The topological polar surface area (TPSA) is 50.1 Å². The molecule has 3 heterocycles. The number of nitrogens with zero attached hydrogens (tertiary/aromatic N) is 6. The van der Waals surface area contributed by atoms with Crippen molar-refractivity contribution in [3.8, 4) is 0 Å². The van der Waals surface area contributed by atoms with Crippen molar-refractivity contribution in [1.29, 1.82) is 0 Å². The average molecular weight is 330 g/mol. The van der Waals surface area contributed by atoms with E-state index in [9.17, 15) is 4.39 Å². The van der Waals surface area contributed by atoms with Crippen molar-refractivity contribution in [3.05, 3.63) is 34.8 Å². The third-order valence-electron chi connectivity index (χ3n) is 5.19. The standard InChI is InChI=1S/C17H23FN6/c1-12-16(18)17(20-11-19-12)24-8-6-23(7-9-24)10-15-13-4-3-5-14(13)21-22(15)2/h11H,3-10H2,1-2H3. The van der Waals surface area contributed by atoms with Crippen LogP contribution in [0.25, 0.3) is 0 Å². The van der Waals surface area contributed by atoms with Gasteiger partial charge in [-0.2, -0.15) is 5.10 Å². The zero-order chi connectivity index (χ0) is 16.7. The van der Waals surface area contributed by atoms with Crippen LogP contribution < -0.4 is 4.90 Å². The van der Waals surface area contributed by atoms with Gasteiger partial charge < -0.3 is 4.90 Å². The zero-order valence-electron chi connectivity index (χ0n) is 14.3. The Bertz CT molecular complexity index is 748. The summed E-state index contributed by atoms with van der Waals surface area (Å²) in [5.41, 5.74) is 4.50. The van der Waals surface area contributed by atoms with Crippen molar-refractivity contribution in [1.82, 2.24) is 24.6 Å². The number of hydrogen-bond donors (Lipinski definition) is 0. The Kier molecular flexibility index (Phi) is 3.96. The molecule has 1 saturated heterocycles. The fourth-order valence-corrected chi connectivity index (χ4v) is 3.78. The number of rotatable bonds is 3. The molecular formula is C17H23FN6. The first-order valence-electron chi connectivity index (χ1n) is 8.61. The van der Waals surface area contributed by atoms with E-state index in [0.29, 0.717) is 11.5 Å². The number of piperazine rings is 1. The van der Waals surface area contributed by atoms with Crippen molar-refractivity contribution < 1.29 is 4.39 Å². The van der Waals surface area contributed by atoms with Gasteiger partial charge >= 0.3 is 0 Å². The molecule has 7 heteroatoms. The van der Waals surface area contributed by atoms with Gasteiger partial charge in [0.2, 0.25) is 0 Å². The third-order valence-corrected chi connectivity index (χ3v) is 5.19. The summed E-state index contributed by atoms with van der Waals surface area (Å²) in [6.45, 7) is 5.99. The van der Waals surface area contributed by atoms with E-state index in [4.69, 9.17) is 0 Å². The quantitative estimate of drug-likeness (QED) is 0.853. The number of anilines is 1. The van der Waals surface area contributed by atoms with Gasteiger partial charge in [0.25, 0.3) is 0 Å². The van der Waals surface area contributed by atoms with Crippen LogP contribution in [0.15, 0.2) is 6.33 Å². The molecule has 0 N–H and O–H groups in total. The molecule has 0 aromatic carbocycles. The van der Waals surface area contributed by atoms with Crippen LogP contribution in [0.1, 0.15) is 29.1 Å². The molecule has 1 aliphatic carbocycles. The summed E-state index contributed by atoms with van der Waals surface area (Å²) in [5, 5.41) is 4.65. The largest absolute Gasteiger partial charge is 0.352 e. The lowest BCUT2D eigenvalue weighted by Gasteiger charge is -2.35. The first kappa shape index (κ1) is 15.5. The zero-order valence-corrected chi connectivity index (χ0v) is 14.3. The molecule has 1 fully saturated rings. The highest BCUT2D eigenvalue weighted by atomic mass is 19.1. The molecule has 0 atom stereocenters. The predicted octanol–water partition coefficient (Wildman–Crippen LogP) is 1.47. The molecule has 128 valence electrons. The van der Waals surface area contributed by atoms with Gasteiger partial charge in [0.15, 0.2) is 11.6 Å². The minimum absolute atomic E-state index is 0.296. The molecule has 0 spiro atoms. The Balaban J connectivity index is 1.43. The molecule has 0 unspecified atom stereocenters. The average Bonchev–Trinajstić information content (AvgIpc) is 3.14. The molecule has 1 aliphatic heterocycles. The van der Waals surface area contributed by atoms with Gasteiger partial charge in [0.05, 0.1) is 17.1 Å². The summed E-state index contributed by atoms with van der Waals surface area (Å²) in [5.74, 6) is 0.138. The maximum absolute atomic E-state index is 14.2. The van der Waals surface area contributed by atoms with Crippen LogP contribution in [0.4, 0.5) is 10.2 Å². The highest BCUT2D eigenvalue weighted by Gasteiger charge is 2.25. The van der Waals surface area contributed by atoms with Crippen LogP contribution >= 0.6 is 0 Å². The molecule has 4 rings (SSSR count). The van der Waals surface area contributed by atoms with Crippen LogP contribution in [-0.2, 0) is 26.4 Å². The molecule has 2 aromatic heterocycles. The molecule has 6 nitrogen and oxygen atoms in total. The Morgan fingerprint density at radius 2 is 1.92 bits per heavy atom. The normalized spacial score (nSPS) is 18.2. The number of fused-ring (bicyclic) bond motifs is 1. The lowest BCUT2D eigenvalue weighted by atomic mass is 10.2. The third kappa shape index (κ3) is 2.66. The summed E-state index contributed by atoms with van der Waals surface area (Å²) >= 11 is 0. The minimum Gasteiger partial charge on any atom is -0.352 e. The van der Waals surface area contributed by atoms with Gasteiger partial charge in [-0.3, -0.25) is 9.58 Å². The van der Waals surface area contributed by atoms with Crippen LogP contribution in [0.5, 0.6) is 0 Å². The monoisotopic (exact) mass is 330 g/mol. The van der Waals surface area contributed by atoms with Crippen LogP contribution in [0, 0.1) is 12.7 Å². The van der Waals surface area contributed by atoms with Gasteiger partial charge in [-0.05, 0) is 31.7 Å². The summed E-state index contributed by atoms with van der Waals surface area (Å²) in [6, 6.07) is 0. The van der Waals surface area contributed by atoms with Crippen molar-refractivity contribution >= 4 is 5.82 Å². The molecule has 2 aromatic rings. The Labute approximate surface area is 141 Å². The second kappa shape index (κ2) is 6.12. The smallest absolute Gasteiger partial charge is 0.186 e. The van der Waals surface area contributed by atoms with Crippen LogP contribution in [0.2, 0.25) is 0 Å².